The molecular weight excluding hydrogens is 477 g/mol. The van der Waals surface area contributed by atoms with E-state index in [-0.39, 0.29) is 11.6 Å². The average molecular weight is 500 g/mol. The average Bonchev–Trinajstić information content (AvgIpc) is 3.16. The van der Waals surface area contributed by atoms with E-state index in [9.17, 15) is 23.6 Å². The summed E-state index contributed by atoms with van der Waals surface area (Å²) in [5.41, 5.74) is 0.423. The topological polar surface area (TPSA) is 119 Å². The van der Waals surface area contributed by atoms with Crippen LogP contribution in [0.25, 0.3) is 10.9 Å². The van der Waals surface area contributed by atoms with E-state index >= 15 is 0 Å². The summed E-state index contributed by atoms with van der Waals surface area (Å²) in [6.07, 6.45) is -4.63. The van der Waals surface area contributed by atoms with E-state index in [1.54, 1.807) is 0 Å². The highest BCUT2D eigenvalue weighted by molar-refractivity contribution is 6.35. The summed E-state index contributed by atoms with van der Waals surface area (Å²) in [6, 6.07) is 4.15. The molecule has 1 aromatic carbocycles. The number of nitrogens with zero attached hydrogens (tertiary/aromatic N) is 1. The Labute approximate surface area is 198 Å². The van der Waals surface area contributed by atoms with E-state index in [0.29, 0.717) is 10.9 Å². The number of aromatic nitrogens is 1. The van der Waals surface area contributed by atoms with Gasteiger partial charge in [-0.15, -0.1) is 0 Å². The van der Waals surface area contributed by atoms with Gasteiger partial charge in [0.15, 0.2) is 24.5 Å². The molecule has 0 unspecified atom stereocenters. The Hall–Kier alpha value is -3.18. The summed E-state index contributed by atoms with van der Waals surface area (Å²) in [5, 5.41) is 0.233. The minimum absolute atomic E-state index is 0.123. The van der Waals surface area contributed by atoms with Gasteiger partial charge in [0.05, 0.1) is 10.5 Å². The Morgan fingerprint density at radius 3 is 2.09 bits per heavy atom. The monoisotopic (exact) mass is 499 g/mol. The van der Waals surface area contributed by atoms with Gasteiger partial charge in [-0.3, -0.25) is 19.2 Å². The molecule has 0 N–H and O–H groups in total. The van der Waals surface area contributed by atoms with Crippen LogP contribution in [0.3, 0.4) is 0 Å². The van der Waals surface area contributed by atoms with Crippen molar-refractivity contribution >= 4 is 46.4 Å². The minimum atomic E-state index is -1.32. The largest absolute Gasteiger partial charge is 0.463 e. The molecule has 1 saturated heterocycles. The van der Waals surface area contributed by atoms with Crippen LogP contribution in [0.5, 0.6) is 0 Å². The SMILES string of the molecule is CC(=O)OC[C@H]1O[C@@H](n2ccc3c(Cl)c(F)ccc32)[C@H](OC(C)=O)[C@@H](OC(C)=O)[C@@H]1OC(C)=O. The lowest BCUT2D eigenvalue weighted by atomic mass is 9.97. The number of hydrogen-bond acceptors (Lipinski definition) is 9. The van der Waals surface area contributed by atoms with Crippen LogP contribution >= 0.6 is 11.6 Å². The first kappa shape index (κ1) is 25.4. The first-order chi connectivity index (χ1) is 16.0. The van der Waals surface area contributed by atoms with Gasteiger partial charge < -0.3 is 28.3 Å². The Kier molecular flexibility index (Phi) is 7.78. The predicted molar refractivity (Wildman–Crippen MR) is 114 cm³/mol. The van der Waals surface area contributed by atoms with Crippen molar-refractivity contribution in [1.29, 1.82) is 0 Å². The van der Waals surface area contributed by atoms with Gasteiger partial charge >= 0.3 is 23.9 Å². The van der Waals surface area contributed by atoms with Crippen LogP contribution in [-0.4, -0.2) is 59.5 Å². The fourth-order valence-electron chi connectivity index (χ4n) is 3.83. The summed E-state index contributed by atoms with van der Waals surface area (Å²) < 4.78 is 42.9. The number of carbonyl (C=O) groups is 4. The second-order valence-electron chi connectivity index (χ2n) is 7.61. The molecule has 184 valence electrons. The van der Waals surface area contributed by atoms with Crippen LogP contribution in [0.15, 0.2) is 24.4 Å². The van der Waals surface area contributed by atoms with Crippen LogP contribution in [-0.2, 0) is 42.9 Å². The minimum Gasteiger partial charge on any atom is -0.463 e. The summed E-state index contributed by atoms with van der Waals surface area (Å²) in [5.74, 6) is -3.45. The van der Waals surface area contributed by atoms with E-state index in [2.05, 4.69) is 0 Å². The Bertz CT molecular complexity index is 1120. The van der Waals surface area contributed by atoms with Crippen molar-refractivity contribution in [2.45, 2.75) is 58.3 Å². The summed E-state index contributed by atoms with van der Waals surface area (Å²) in [4.78, 5) is 47.2. The maximum absolute atomic E-state index is 14.0. The summed E-state index contributed by atoms with van der Waals surface area (Å²) in [7, 11) is 0. The van der Waals surface area contributed by atoms with Gasteiger partial charge in [-0.1, -0.05) is 11.6 Å². The third-order valence-corrected chi connectivity index (χ3v) is 5.41. The third kappa shape index (κ3) is 5.48. The first-order valence-corrected chi connectivity index (χ1v) is 10.6. The molecule has 1 aliphatic rings. The Morgan fingerprint density at radius 2 is 1.50 bits per heavy atom. The van der Waals surface area contributed by atoms with E-state index in [1.807, 2.05) is 0 Å². The molecule has 0 radical (unpaired) electrons. The van der Waals surface area contributed by atoms with Gasteiger partial charge in [-0.05, 0) is 18.2 Å². The van der Waals surface area contributed by atoms with Crippen molar-refractivity contribution in [2.24, 2.45) is 0 Å². The van der Waals surface area contributed by atoms with E-state index in [4.69, 9.17) is 35.3 Å². The number of hydrogen-bond donors (Lipinski definition) is 0. The Morgan fingerprint density at radius 1 is 0.912 bits per heavy atom. The maximum atomic E-state index is 14.0. The van der Waals surface area contributed by atoms with Crippen LogP contribution in [0.4, 0.5) is 4.39 Å². The highest BCUT2D eigenvalue weighted by atomic mass is 35.5. The van der Waals surface area contributed by atoms with Crippen molar-refractivity contribution in [3.05, 3.63) is 35.2 Å². The van der Waals surface area contributed by atoms with Crippen LogP contribution in [0, 0.1) is 5.82 Å². The van der Waals surface area contributed by atoms with Crippen molar-refractivity contribution in [2.75, 3.05) is 6.61 Å². The van der Waals surface area contributed by atoms with Crippen molar-refractivity contribution < 1.29 is 47.3 Å². The zero-order valence-corrected chi connectivity index (χ0v) is 19.5. The Balaban J connectivity index is 2.15. The third-order valence-electron chi connectivity index (χ3n) is 5.03. The van der Waals surface area contributed by atoms with Crippen molar-refractivity contribution in [3.8, 4) is 0 Å². The molecule has 0 aliphatic carbocycles. The molecule has 0 spiro atoms. The van der Waals surface area contributed by atoms with E-state index < -0.39 is 60.3 Å². The molecule has 1 aliphatic heterocycles. The highest BCUT2D eigenvalue weighted by Gasteiger charge is 2.53. The highest BCUT2D eigenvalue weighted by Crippen LogP contribution is 2.38. The molecule has 1 fully saturated rings. The van der Waals surface area contributed by atoms with Gasteiger partial charge in [-0.25, -0.2) is 4.39 Å². The number of ether oxygens (including phenoxy) is 5. The van der Waals surface area contributed by atoms with Crippen LogP contribution in [0.2, 0.25) is 5.02 Å². The molecule has 12 heteroatoms. The molecule has 2 heterocycles. The van der Waals surface area contributed by atoms with E-state index in [1.165, 1.54) is 29.8 Å². The molecule has 1 aromatic heterocycles. The molecule has 2 aromatic rings. The maximum Gasteiger partial charge on any atom is 0.303 e. The molecule has 34 heavy (non-hydrogen) atoms. The second-order valence-corrected chi connectivity index (χ2v) is 7.98. The molecule has 0 bridgehead atoms. The second kappa shape index (κ2) is 10.4. The number of halogens is 2. The first-order valence-electron chi connectivity index (χ1n) is 10.2. The molecular formula is C22H23ClFNO9. The number of esters is 4. The summed E-state index contributed by atoms with van der Waals surface area (Å²) in [6.45, 7) is 4.24. The fourth-order valence-corrected chi connectivity index (χ4v) is 4.05. The van der Waals surface area contributed by atoms with Crippen molar-refractivity contribution in [1.82, 2.24) is 4.57 Å². The zero-order chi connectivity index (χ0) is 25.2. The lowest BCUT2D eigenvalue weighted by Crippen LogP contribution is -2.60. The number of fused-ring (bicyclic) bond motifs is 1. The number of benzene rings is 1. The number of carbonyl (C=O) groups excluding carboxylic acids is 4. The van der Waals surface area contributed by atoms with Crippen LogP contribution < -0.4 is 0 Å². The molecule has 3 rings (SSSR count). The fraction of sp³-hybridized carbons (Fsp3) is 0.455. The van der Waals surface area contributed by atoms with Gasteiger partial charge in [-0.2, -0.15) is 0 Å². The molecule has 10 nitrogen and oxygen atoms in total. The quantitative estimate of drug-likeness (QED) is 0.436. The predicted octanol–water partition coefficient (Wildman–Crippen LogP) is 2.69. The van der Waals surface area contributed by atoms with Gasteiger partial charge in [0.1, 0.15) is 18.5 Å². The van der Waals surface area contributed by atoms with Crippen molar-refractivity contribution in [3.63, 3.8) is 0 Å². The lowest BCUT2D eigenvalue weighted by Gasteiger charge is -2.44. The lowest BCUT2D eigenvalue weighted by molar-refractivity contribution is -0.267. The molecule has 5 atom stereocenters. The van der Waals surface area contributed by atoms with E-state index in [0.717, 1.165) is 26.8 Å². The number of rotatable bonds is 6. The van der Waals surface area contributed by atoms with Gasteiger partial charge in [0.2, 0.25) is 0 Å². The molecule has 0 amide bonds. The van der Waals surface area contributed by atoms with Gasteiger partial charge in [0.25, 0.3) is 0 Å². The van der Waals surface area contributed by atoms with Gasteiger partial charge in [0, 0.05) is 39.3 Å². The van der Waals surface area contributed by atoms with Crippen LogP contribution in [0.1, 0.15) is 33.9 Å². The summed E-state index contributed by atoms with van der Waals surface area (Å²) >= 11 is 6.09. The molecule has 0 saturated carbocycles. The smallest absolute Gasteiger partial charge is 0.303 e. The normalized spacial score (nSPS) is 24.4. The standard InChI is InChI=1S/C22H23ClFNO9/c1-10(26)30-9-17-19(31-11(2)27)20(32-12(3)28)21(33-13(4)29)22(34-17)25-8-7-14-16(25)6-5-15(24)18(14)23/h5-8,17,19-22H,9H2,1-4H3/t17-,19-,20+,21-,22-/m1/s1. The zero-order valence-electron chi connectivity index (χ0n) is 18.8.